The van der Waals surface area contributed by atoms with Gasteiger partial charge in [-0.2, -0.15) is 4.31 Å². The fourth-order valence-corrected chi connectivity index (χ4v) is 3.38. The van der Waals surface area contributed by atoms with E-state index < -0.39 is 10.0 Å². The highest BCUT2D eigenvalue weighted by Crippen LogP contribution is 2.22. The van der Waals surface area contributed by atoms with E-state index >= 15 is 0 Å². The maximum atomic E-state index is 12.6. The van der Waals surface area contributed by atoms with Gasteiger partial charge in [-0.3, -0.25) is 4.79 Å². The molecule has 0 aliphatic heterocycles. The van der Waals surface area contributed by atoms with Gasteiger partial charge in [0.25, 0.3) is 0 Å². The van der Waals surface area contributed by atoms with Crippen molar-refractivity contribution in [2.45, 2.75) is 38.1 Å². The van der Waals surface area contributed by atoms with Gasteiger partial charge in [-0.05, 0) is 38.0 Å². The number of hydrogen-bond donors (Lipinski definition) is 2. The van der Waals surface area contributed by atoms with E-state index in [4.69, 9.17) is 5.73 Å². The smallest absolute Gasteiger partial charge is 0.243 e. The van der Waals surface area contributed by atoms with Crippen molar-refractivity contribution in [2.24, 2.45) is 0 Å². The molecule has 7 heteroatoms. The van der Waals surface area contributed by atoms with Crippen LogP contribution in [-0.4, -0.2) is 38.3 Å². The van der Waals surface area contributed by atoms with Gasteiger partial charge in [0.2, 0.25) is 15.9 Å². The van der Waals surface area contributed by atoms with E-state index in [9.17, 15) is 13.2 Å². The SMILES string of the molecule is CCc1ccc(N)cc1S(=O)(=O)N(C)CC(=O)NC(C)C. The standard InChI is InChI=1S/C14H23N3O3S/c1-5-11-6-7-12(15)8-13(11)21(19,20)17(4)9-14(18)16-10(2)3/h6-8,10H,5,9,15H2,1-4H3,(H,16,18). The van der Waals surface area contributed by atoms with E-state index in [0.717, 1.165) is 4.31 Å². The van der Waals surface area contributed by atoms with Gasteiger partial charge in [-0.25, -0.2) is 8.42 Å². The predicted octanol–water partition coefficient (Wildman–Crippen LogP) is 0.976. The number of hydrogen-bond acceptors (Lipinski definition) is 4. The Labute approximate surface area is 126 Å². The lowest BCUT2D eigenvalue weighted by atomic mass is 10.1. The first kappa shape index (κ1) is 17.5. The number of carbonyl (C=O) groups excluding carboxylic acids is 1. The van der Waals surface area contributed by atoms with Crippen LogP contribution in [0.25, 0.3) is 0 Å². The number of anilines is 1. The summed E-state index contributed by atoms with van der Waals surface area (Å²) in [6.07, 6.45) is 0.570. The molecule has 6 nitrogen and oxygen atoms in total. The average molecular weight is 313 g/mol. The van der Waals surface area contributed by atoms with Crippen molar-refractivity contribution in [1.29, 1.82) is 0 Å². The number of benzene rings is 1. The summed E-state index contributed by atoms with van der Waals surface area (Å²) in [5.74, 6) is -0.335. The van der Waals surface area contributed by atoms with Crippen LogP contribution in [0.3, 0.4) is 0 Å². The minimum absolute atomic E-state index is 0.0350. The van der Waals surface area contributed by atoms with Gasteiger partial charge in [0.05, 0.1) is 11.4 Å². The van der Waals surface area contributed by atoms with Crippen LogP contribution in [0.15, 0.2) is 23.1 Å². The molecule has 1 aromatic rings. The van der Waals surface area contributed by atoms with Crippen LogP contribution >= 0.6 is 0 Å². The zero-order chi connectivity index (χ0) is 16.2. The van der Waals surface area contributed by atoms with Crippen LogP contribution < -0.4 is 11.1 Å². The van der Waals surface area contributed by atoms with E-state index in [1.165, 1.54) is 13.1 Å². The minimum atomic E-state index is -3.74. The highest BCUT2D eigenvalue weighted by atomic mass is 32.2. The number of nitrogens with one attached hydrogen (secondary N) is 1. The summed E-state index contributed by atoms with van der Waals surface area (Å²) in [7, 11) is -2.36. The molecular weight excluding hydrogens is 290 g/mol. The summed E-state index contributed by atoms with van der Waals surface area (Å²) in [4.78, 5) is 11.9. The second-order valence-electron chi connectivity index (χ2n) is 5.20. The highest BCUT2D eigenvalue weighted by Gasteiger charge is 2.25. The predicted molar refractivity (Wildman–Crippen MR) is 83.3 cm³/mol. The zero-order valence-corrected chi connectivity index (χ0v) is 13.7. The monoisotopic (exact) mass is 313 g/mol. The van der Waals surface area contributed by atoms with Gasteiger partial charge < -0.3 is 11.1 Å². The van der Waals surface area contributed by atoms with Crippen LogP contribution in [-0.2, 0) is 21.2 Å². The highest BCUT2D eigenvalue weighted by molar-refractivity contribution is 7.89. The molecule has 0 heterocycles. The van der Waals surface area contributed by atoms with Crippen molar-refractivity contribution < 1.29 is 13.2 Å². The third kappa shape index (κ3) is 4.44. The van der Waals surface area contributed by atoms with Crippen molar-refractivity contribution in [3.8, 4) is 0 Å². The summed E-state index contributed by atoms with van der Waals surface area (Å²) in [6, 6.07) is 4.77. The van der Waals surface area contributed by atoms with E-state index in [1.54, 1.807) is 12.1 Å². The Bertz CT molecular complexity index is 612. The van der Waals surface area contributed by atoms with Gasteiger partial charge in [-0.1, -0.05) is 13.0 Å². The van der Waals surface area contributed by atoms with Crippen LogP contribution in [0.5, 0.6) is 0 Å². The Balaban J connectivity index is 3.05. The number of rotatable bonds is 6. The summed E-state index contributed by atoms with van der Waals surface area (Å²) >= 11 is 0. The molecule has 0 aliphatic rings. The number of amides is 1. The number of nitrogens with zero attached hydrogens (tertiary/aromatic N) is 1. The molecule has 0 bridgehead atoms. The maximum Gasteiger partial charge on any atom is 0.243 e. The number of aryl methyl sites for hydroxylation is 1. The lowest BCUT2D eigenvalue weighted by Gasteiger charge is -2.19. The minimum Gasteiger partial charge on any atom is -0.399 e. The lowest BCUT2D eigenvalue weighted by Crippen LogP contribution is -2.41. The molecule has 0 aliphatic carbocycles. The number of sulfonamides is 1. The molecule has 0 saturated carbocycles. The van der Waals surface area contributed by atoms with Crippen LogP contribution in [0, 0.1) is 0 Å². The first-order chi connectivity index (χ1) is 9.68. The lowest BCUT2D eigenvalue weighted by molar-refractivity contribution is -0.121. The molecule has 118 valence electrons. The van der Waals surface area contributed by atoms with Crippen LogP contribution in [0.1, 0.15) is 26.3 Å². The summed E-state index contributed by atoms with van der Waals surface area (Å²) in [5.41, 5.74) is 6.75. The first-order valence-corrected chi connectivity index (χ1v) is 8.26. The quantitative estimate of drug-likeness (QED) is 0.766. The van der Waals surface area contributed by atoms with Crippen LogP contribution in [0.2, 0.25) is 0 Å². The Hall–Kier alpha value is -1.60. The normalized spacial score (nSPS) is 11.9. The first-order valence-electron chi connectivity index (χ1n) is 6.82. The average Bonchev–Trinajstić information content (AvgIpc) is 2.37. The fourth-order valence-electron chi connectivity index (χ4n) is 1.93. The Morgan fingerprint density at radius 3 is 2.52 bits per heavy atom. The van der Waals surface area contributed by atoms with E-state index in [0.29, 0.717) is 17.7 Å². The molecular formula is C14H23N3O3S. The van der Waals surface area contributed by atoms with Crippen molar-refractivity contribution in [3.63, 3.8) is 0 Å². The van der Waals surface area contributed by atoms with E-state index in [2.05, 4.69) is 5.32 Å². The molecule has 0 saturated heterocycles. The van der Waals surface area contributed by atoms with Gasteiger partial charge in [0.1, 0.15) is 0 Å². The molecule has 1 amide bonds. The van der Waals surface area contributed by atoms with Crippen molar-refractivity contribution in [2.75, 3.05) is 19.3 Å². The Kier molecular flexibility index (Phi) is 5.74. The number of nitrogens with two attached hydrogens (primary N) is 1. The Morgan fingerprint density at radius 2 is 2.00 bits per heavy atom. The maximum absolute atomic E-state index is 12.6. The van der Waals surface area contributed by atoms with E-state index in [1.807, 2.05) is 20.8 Å². The molecule has 0 spiro atoms. The molecule has 0 atom stereocenters. The largest absolute Gasteiger partial charge is 0.399 e. The summed E-state index contributed by atoms with van der Waals surface area (Å²) in [6.45, 7) is 5.29. The van der Waals surface area contributed by atoms with Gasteiger partial charge in [0.15, 0.2) is 0 Å². The molecule has 1 aromatic carbocycles. The second-order valence-corrected chi connectivity index (χ2v) is 7.22. The Morgan fingerprint density at radius 1 is 1.38 bits per heavy atom. The number of likely N-dealkylation sites (N-methyl/N-ethyl adjacent to an activating group) is 1. The molecule has 0 unspecified atom stereocenters. The van der Waals surface area contributed by atoms with Crippen molar-refractivity contribution >= 4 is 21.6 Å². The summed E-state index contributed by atoms with van der Waals surface area (Å²) < 4.78 is 26.2. The van der Waals surface area contributed by atoms with Crippen LogP contribution in [0.4, 0.5) is 5.69 Å². The molecule has 21 heavy (non-hydrogen) atoms. The third-order valence-corrected chi connectivity index (χ3v) is 4.86. The fraction of sp³-hybridized carbons (Fsp3) is 0.500. The van der Waals surface area contributed by atoms with Gasteiger partial charge in [0, 0.05) is 18.8 Å². The molecule has 1 rings (SSSR count). The van der Waals surface area contributed by atoms with Crippen molar-refractivity contribution in [3.05, 3.63) is 23.8 Å². The molecule has 0 radical (unpaired) electrons. The van der Waals surface area contributed by atoms with Gasteiger partial charge >= 0.3 is 0 Å². The zero-order valence-electron chi connectivity index (χ0n) is 12.9. The molecule has 0 aromatic heterocycles. The third-order valence-electron chi connectivity index (χ3n) is 2.98. The summed E-state index contributed by atoms with van der Waals surface area (Å²) in [5, 5.41) is 2.67. The number of nitrogen functional groups attached to an aromatic ring is 1. The molecule has 3 N–H and O–H groups in total. The second kappa shape index (κ2) is 6.91. The molecule has 0 fully saturated rings. The number of carbonyl (C=O) groups is 1. The van der Waals surface area contributed by atoms with E-state index in [-0.39, 0.29) is 23.4 Å². The van der Waals surface area contributed by atoms with Gasteiger partial charge in [-0.15, -0.1) is 0 Å². The van der Waals surface area contributed by atoms with Crippen molar-refractivity contribution in [1.82, 2.24) is 9.62 Å². The topological polar surface area (TPSA) is 92.5 Å².